The van der Waals surface area contributed by atoms with E-state index >= 15 is 0 Å². The predicted octanol–water partition coefficient (Wildman–Crippen LogP) is 3.02. The van der Waals surface area contributed by atoms with Crippen LogP contribution in [0.2, 0.25) is 0 Å². The number of carbonyl (C=O) groups is 1. The second kappa shape index (κ2) is 5.91. The van der Waals surface area contributed by atoms with Gasteiger partial charge in [-0.25, -0.2) is 0 Å². The molecule has 2 heteroatoms. The van der Waals surface area contributed by atoms with Gasteiger partial charge in [-0.05, 0) is 18.8 Å². The SMILES string of the molecule is Cc1[c-]ccc(C2CCC(=O)CC2)c1.[Y+3]. The van der Waals surface area contributed by atoms with Gasteiger partial charge in [0.2, 0.25) is 0 Å². The second-order valence-corrected chi connectivity index (χ2v) is 4.12. The van der Waals surface area contributed by atoms with Gasteiger partial charge in [0.25, 0.3) is 0 Å². The molecule has 0 aromatic heterocycles. The third kappa shape index (κ3) is 3.50. The number of aryl methyl sites for hydroxylation is 1. The van der Waals surface area contributed by atoms with Crippen LogP contribution < -0.4 is 0 Å². The summed E-state index contributed by atoms with van der Waals surface area (Å²) >= 11 is 0. The molecule has 0 heterocycles. The minimum atomic E-state index is 0. The van der Waals surface area contributed by atoms with E-state index in [0.717, 1.165) is 25.7 Å². The number of benzene rings is 1. The van der Waals surface area contributed by atoms with Gasteiger partial charge in [0.05, 0.1) is 0 Å². The van der Waals surface area contributed by atoms with E-state index in [1.165, 1.54) is 11.1 Å². The van der Waals surface area contributed by atoms with Crippen LogP contribution in [0.3, 0.4) is 0 Å². The topological polar surface area (TPSA) is 17.1 Å². The van der Waals surface area contributed by atoms with Crippen molar-refractivity contribution in [2.24, 2.45) is 0 Å². The van der Waals surface area contributed by atoms with Crippen molar-refractivity contribution in [3.05, 3.63) is 35.4 Å². The smallest absolute Gasteiger partial charge is 0.300 e. The number of ketones is 1. The van der Waals surface area contributed by atoms with Crippen LogP contribution in [0.25, 0.3) is 0 Å². The Balaban J connectivity index is 0.00000112. The number of carbonyl (C=O) groups excluding carboxylic acids is 1. The average molecular weight is 276 g/mol. The molecule has 0 aliphatic heterocycles. The van der Waals surface area contributed by atoms with Crippen LogP contribution in [-0.4, -0.2) is 5.78 Å². The van der Waals surface area contributed by atoms with Crippen LogP contribution in [0, 0.1) is 13.0 Å². The van der Waals surface area contributed by atoms with Crippen LogP contribution >= 0.6 is 0 Å². The zero-order chi connectivity index (χ0) is 9.97. The molecule has 1 saturated carbocycles. The Kier molecular flexibility index (Phi) is 5.15. The van der Waals surface area contributed by atoms with Gasteiger partial charge in [0.15, 0.2) is 0 Å². The molecule has 0 atom stereocenters. The van der Waals surface area contributed by atoms with E-state index in [0.29, 0.717) is 11.7 Å². The molecule has 0 amide bonds. The Hall–Kier alpha value is -0.00610. The first kappa shape index (κ1) is 13.1. The summed E-state index contributed by atoms with van der Waals surface area (Å²) in [4.78, 5) is 11.1. The van der Waals surface area contributed by atoms with Gasteiger partial charge in [-0.3, -0.25) is 4.79 Å². The van der Waals surface area contributed by atoms with Gasteiger partial charge in [-0.1, -0.05) is 6.92 Å². The van der Waals surface area contributed by atoms with Crippen LogP contribution in [0.5, 0.6) is 0 Å². The largest absolute Gasteiger partial charge is 3.00 e. The summed E-state index contributed by atoms with van der Waals surface area (Å²) in [5, 5.41) is 0. The van der Waals surface area contributed by atoms with Gasteiger partial charge in [0.1, 0.15) is 5.78 Å². The fraction of sp³-hybridized carbons (Fsp3) is 0.462. The van der Waals surface area contributed by atoms with Crippen LogP contribution in [0.4, 0.5) is 0 Å². The van der Waals surface area contributed by atoms with E-state index in [4.69, 9.17) is 0 Å². The summed E-state index contributed by atoms with van der Waals surface area (Å²) in [5.74, 6) is 1.03. The summed E-state index contributed by atoms with van der Waals surface area (Å²) in [5.41, 5.74) is 2.58. The first-order valence-electron chi connectivity index (χ1n) is 5.25. The van der Waals surface area contributed by atoms with E-state index in [2.05, 4.69) is 25.1 Å². The Bertz CT molecular complexity index is 336. The minimum absolute atomic E-state index is 0. The number of rotatable bonds is 1. The maximum atomic E-state index is 11.1. The van der Waals surface area contributed by atoms with Crippen molar-refractivity contribution in [2.45, 2.75) is 38.5 Å². The molecule has 1 aliphatic rings. The molecule has 1 aliphatic carbocycles. The zero-order valence-electron chi connectivity index (χ0n) is 9.12. The Morgan fingerprint density at radius 2 is 2.00 bits per heavy atom. The van der Waals surface area contributed by atoms with Crippen molar-refractivity contribution in [3.63, 3.8) is 0 Å². The predicted molar refractivity (Wildman–Crippen MR) is 56.2 cm³/mol. The van der Waals surface area contributed by atoms with E-state index in [1.54, 1.807) is 0 Å². The third-order valence-electron chi connectivity index (χ3n) is 2.98. The molecule has 15 heavy (non-hydrogen) atoms. The fourth-order valence-corrected chi connectivity index (χ4v) is 2.14. The van der Waals surface area contributed by atoms with Crippen molar-refractivity contribution in [1.29, 1.82) is 0 Å². The van der Waals surface area contributed by atoms with Crippen LogP contribution in [0.1, 0.15) is 42.7 Å². The molecule has 2 rings (SSSR count). The molecule has 74 valence electrons. The van der Waals surface area contributed by atoms with Crippen molar-refractivity contribution in [2.75, 3.05) is 0 Å². The molecule has 1 nitrogen and oxygen atoms in total. The number of hydrogen-bond donors (Lipinski definition) is 0. The maximum absolute atomic E-state index is 11.1. The average Bonchev–Trinajstić information content (AvgIpc) is 2.19. The standard InChI is InChI=1S/C13H15O.Y/c1-10-3-2-4-12(9-10)11-5-7-13(14)8-6-11;/h2,4,9,11H,5-8H2,1H3;/q-1;+3. The fourth-order valence-electron chi connectivity index (χ4n) is 2.14. The second-order valence-electron chi connectivity index (χ2n) is 4.12. The summed E-state index contributed by atoms with van der Waals surface area (Å²) in [6, 6.07) is 9.47. The summed E-state index contributed by atoms with van der Waals surface area (Å²) < 4.78 is 0. The first-order valence-corrected chi connectivity index (χ1v) is 5.25. The zero-order valence-corrected chi connectivity index (χ0v) is 12.0. The molecule has 0 bridgehead atoms. The van der Waals surface area contributed by atoms with Crippen molar-refractivity contribution >= 4 is 5.78 Å². The third-order valence-corrected chi connectivity index (χ3v) is 2.98. The van der Waals surface area contributed by atoms with Crippen molar-refractivity contribution in [3.8, 4) is 0 Å². The summed E-state index contributed by atoms with van der Waals surface area (Å²) in [7, 11) is 0. The van der Waals surface area contributed by atoms with Crippen molar-refractivity contribution < 1.29 is 37.5 Å². The number of hydrogen-bond acceptors (Lipinski definition) is 1. The maximum Gasteiger partial charge on any atom is 3.00 e. The quantitative estimate of drug-likeness (QED) is 0.721. The molecular weight excluding hydrogens is 261 g/mol. The molecule has 1 fully saturated rings. The Morgan fingerprint density at radius 1 is 1.33 bits per heavy atom. The van der Waals surface area contributed by atoms with Gasteiger partial charge in [0, 0.05) is 12.8 Å². The van der Waals surface area contributed by atoms with Crippen LogP contribution in [0.15, 0.2) is 18.2 Å². The van der Waals surface area contributed by atoms with E-state index in [9.17, 15) is 4.79 Å². The Morgan fingerprint density at radius 3 is 2.60 bits per heavy atom. The van der Waals surface area contributed by atoms with E-state index < -0.39 is 0 Å². The van der Waals surface area contributed by atoms with Crippen molar-refractivity contribution in [1.82, 2.24) is 0 Å². The minimum Gasteiger partial charge on any atom is -0.300 e. The van der Waals surface area contributed by atoms with Gasteiger partial charge in [-0.15, -0.1) is 0 Å². The molecule has 0 unspecified atom stereocenters. The van der Waals surface area contributed by atoms with E-state index in [-0.39, 0.29) is 32.7 Å². The Labute approximate surface area is 117 Å². The first-order chi connectivity index (χ1) is 6.75. The van der Waals surface area contributed by atoms with Gasteiger partial charge in [-0.2, -0.15) is 35.4 Å². The normalized spacial score (nSPS) is 17.3. The van der Waals surface area contributed by atoms with E-state index in [1.807, 2.05) is 6.07 Å². The monoisotopic (exact) mass is 276 g/mol. The summed E-state index contributed by atoms with van der Waals surface area (Å²) in [6.07, 6.45) is 3.59. The molecule has 1 aromatic rings. The summed E-state index contributed by atoms with van der Waals surface area (Å²) in [6.45, 7) is 2.07. The number of Topliss-reactive ketones (excluding diaryl/α,β-unsaturated/α-hetero) is 1. The molecule has 0 spiro atoms. The molecule has 0 saturated heterocycles. The molecular formula is C13H15OY+2. The molecule has 0 N–H and O–H groups in total. The van der Waals surface area contributed by atoms with Gasteiger partial charge >= 0.3 is 32.7 Å². The van der Waals surface area contributed by atoms with Crippen LogP contribution in [-0.2, 0) is 37.5 Å². The molecule has 0 radical (unpaired) electrons. The molecule has 1 aromatic carbocycles. The van der Waals surface area contributed by atoms with Gasteiger partial charge < -0.3 is 0 Å².